The van der Waals surface area contributed by atoms with Crippen molar-refractivity contribution in [2.24, 2.45) is 0 Å². The van der Waals surface area contributed by atoms with Crippen LogP contribution in [0.15, 0.2) is 0 Å². The second-order valence-electron chi connectivity index (χ2n) is 5.81. The van der Waals surface area contributed by atoms with Crippen LogP contribution in [0.4, 0.5) is 0 Å². The molecule has 0 fully saturated rings. The van der Waals surface area contributed by atoms with E-state index in [0.717, 1.165) is 12.8 Å². The second kappa shape index (κ2) is 15.5. The molecule has 1 atom stereocenters. The van der Waals surface area contributed by atoms with Crippen molar-refractivity contribution in [1.82, 2.24) is 0 Å². The van der Waals surface area contributed by atoms with Crippen molar-refractivity contribution < 1.29 is 14.4 Å². The van der Waals surface area contributed by atoms with E-state index in [2.05, 4.69) is 6.92 Å². The maximum atomic E-state index is 11.8. The Hall–Kier alpha value is -0.400. The molecule has 0 saturated carbocycles. The summed E-state index contributed by atoms with van der Waals surface area (Å²) in [5.74, 6) is -0.346. The Morgan fingerprint density at radius 1 is 0.864 bits per heavy atom. The van der Waals surface area contributed by atoms with Gasteiger partial charge in [0.25, 0.3) is 0 Å². The molecule has 0 radical (unpaired) electrons. The van der Waals surface area contributed by atoms with Gasteiger partial charge in [0.05, 0.1) is 14.4 Å². The second-order valence-corrected chi connectivity index (χ2v) is 7.74. The van der Waals surface area contributed by atoms with E-state index >= 15 is 0 Å². The lowest BCUT2D eigenvalue weighted by Crippen LogP contribution is -2.19. The van der Waals surface area contributed by atoms with Gasteiger partial charge in [-0.1, -0.05) is 71.6 Å². The van der Waals surface area contributed by atoms with Crippen LogP contribution in [0, 0.1) is 0 Å². The van der Waals surface area contributed by atoms with Gasteiger partial charge in [-0.15, -0.1) is 0 Å². The molecule has 4 heteroatoms. The predicted molar refractivity (Wildman–Crippen MR) is 95.6 cm³/mol. The standard InChI is InChI=1S/C18H35O3P/c1-4-7-8-9-10-11-12-13-14-15-16-21-18(19)17(5-2)22(20)6-3/h4-16H2,1-3H3. The maximum Gasteiger partial charge on any atom is 0.376 e. The van der Waals surface area contributed by atoms with Gasteiger partial charge in [0, 0.05) is 6.42 Å². The monoisotopic (exact) mass is 330 g/mol. The van der Waals surface area contributed by atoms with Crippen molar-refractivity contribution in [3.63, 3.8) is 0 Å². The molecular weight excluding hydrogens is 295 g/mol. The summed E-state index contributed by atoms with van der Waals surface area (Å²) in [6.45, 7) is 6.41. The molecule has 0 aliphatic carbocycles. The lowest BCUT2D eigenvalue weighted by molar-refractivity contribution is -0.153. The molecule has 0 aromatic heterocycles. The number of carbonyl (C=O) groups excluding carboxylic acids is 1. The summed E-state index contributed by atoms with van der Waals surface area (Å²) in [6, 6.07) is 0. The lowest BCUT2D eigenvalue weighted by Gasteiger charge is -2.06. The molecule has 0 aromatic rings. The zero-order valence-electron chi connectivity index (χ0n) is 14.9. The first kappa shape index (κ1) is 21.6. The zero-order valence-corrected chi connectivity index (χ0v) is 15.8. The van der Waals surface area contributed by atoms with Crippen molar-refractivity contribution in [1.29, 1.82) is 0 Å². The van der Waals surface area contributed by atoms with Gasteiger partial charge in [0.1, 0.15) is 6.16 Å². The van der Waals surface area contributed by atoms with E-state index < -0.39 is 7.77 Å². The van der Waals surface area contributed by atoms with Gasteiger partial charge in [-0.25, -0.2) is 4.79 Å². The van der Waals surface area contributed by atoms with E-state index in [1.807, 2.05) is 13.8 Å². The third-order valence-corrected chi connectivity index (χ3v) is 5.57. The molecule has 3 nitrogen and oxygen atoms in total. The SMILES string of the molecule is CCCCCCCCCCCCOC(=O)C(CC)=[P+]([O-])CC. The summed E-state index contributed by atoms with van der Waals surface area (Å²) in [6.07, 6.45) is 13.7. The summed E-state index contributed by atoms with van der Waals surface area (Å²) in [7, 11) is -1.53. The number of hydrogen-bond acceptors (Lipinski definition) is 3. The van der Waals surface area contributed by atoms with E-state index in [-0.39, 0.29) is 5.97 Å². The predicted octanol–water partition coefficient (Wildman–Crippen LogP) is 4.81. The molecular formula is C18H35O3P. The molecule has 0 bridgehead atoms. The van der Waals surface area contributed by atoms with E-state index in [9.17, 15) is 9.69 Å². The minimum Gasteiger partial charge on any atom is -0.630 e. The molecule has 0 heterocycles. The van der Waals surface area contributed by atoms with Gasteiger partial charge >= 0.3 is 5.97 Å². The Morgan fingerprint density at radius 2 is 1.36 bits per heavy atom. The van der Waals surface area contributed by atoms with Crippen molar-refractivity contribution in [3.05, 3.63) is 0 Å². The summed E-state index contributed by atoms with van der Waals surface area (Å²) in [4.78, 5) is 23.5. The molecule has 0 rings (SSSR count). The van der Waals surface area contributed by atoms with Crippen LogP contribution in [-0.4, -0.2) is 24.0 Å². The highest BCUT2D eigenvalue weighted by atomic mass is 31.1. The first-order valence-electron chi connectivity index (χ1n) is 9.14. The quantitative estimate of drug-likeness (QED) is 0.261. The normalized spacial score (nSPS) is 12.2. The lowest BCUT2D eigenvalue weighted by atomic mass is 10.1. The van der Waals surface area contributed by atoms with Crippen LogP contribution in [0.5, 0.6) is 0 Å². The third kappa shape index (κ3) is 11.2. The number of rotatable bonds is 14. The van der Waals surface area contributed by atoms with E-state index in [1.54, 1.807) is 0 Å². The van der Waals surface area contributed by atoms with E-state index in [4.69, 9.17) is 4.74 Å². The fourth-order valence-electron chi connectivity index (χ4n) is 2.45. The Bertz CT molecular complexity index is 313. The average Bonchev–Trinajstić information content (AvgIpc) is 2.53. The highest BCUT2D eigenvalue weighted by Crippen LogP contribution is 2.16. The number of unbranched alkanes of at least 4 members (excludes halogenated alkanes) is 9. The van der Waals surface area contributed by atoms with Crippen LogP contribution in [0.2, 0.25) is 0 Å². The largest absolute Gasteiger partial charge is 0.630 e. The zero-order chi connectivity index (χ0) is 16.6. The number of hydrogen-bond donors (Lipinski definition) is 0. The fraction of sp³-hybridized carbons (Fsp3) is 0.889. The van der Waals surface area contributed by atoms with Crippen LogP contribution in [-0.2, 0) is 9.53 Å². The fourth-order valence-corrected chi connectivity index (χ4v) is 3.45. The molecule has 0 aliphatic heterocycles. The molecule has 0 saturated heterocycles. The summed E-state index contributed by atoms with van der Waals surface area (Å²) in [5.41, 5.74) is 0. The first-order valence-corrected chi connectivity index (χ1v) is 10.6. The highest BCUT2D eigenvalue weighted by molar-refractivity contribution is 7.54. The van der Waals surface area contributed by atoms with Gasteiger partial charge in [-0.2, -0.15) is 0 Å². The average molecular weight is 330 g/mol. The van der Waals surface area contributed by atoms with Crippen molar-refractivity contribution in [3.8, 4) is 0 Å². The van der Waals surface area contributed by atoms with Crippen LogP contribution in [0.3, 0.4) is 0 Å². The van der Waals surface area contributed by atoms with Gasteiger partial charge in [0.15, 0.2) is 0 Å². The Kier molecular flexibility index (Phi) is 15.2. The van der Waals surface area contributed by atoms with Crippen LogP contribution >= 0.6 is 7.77 Å². The Morgan fingerprint density at radius 3 is 1.82 bits per heavy atom. The number of carbonyl (C=O) groups is 1. The number of esters is 1. The van der Waals surface area contributed by atoms with Crippen LogP contribution in [0.25, 0.3) is 0 Å². The third-order valence-electron chi connectivity index (χ3n) is 3.89. The molecule has 22 heavy (non-hydrogen) atoms. The first-order chi connectivity index (χ1) is 10.7. The minimum atomic E-state index is -1.53. The molecule has 0 aromatic carbocycles. The van der Waals surface area contributed by atoms with Crippen molar-refractivity contribution >= 4 is 19.0 Å². The topological polar surface area (TPSA) is 49.4 Å². The molecule has 0 N–H and O–H groups in total. The molecule has 0 amide bonds. The molecule has 0 spiro atoms. The van der Waals surface area contributed by atoms with E-state index in [1.165, 1.54) is 51.4 Å². The molecule has 130 valence electrons. The summed E-state index contributed by atoms with van der Waals surface area (Å²) in [5, 5.41) is 0.463. The smallest absolute Gasteiger partial charge is 0.376 e. The van der Waals surface area contributed by atoms with E-state index in [0.29, 0.717) is 24.5 Å². The summed E-state index contributed by atoms with van der Waals surface area (Å²) >= 11 is 0. The highest BCUT2D eigenvalue weighted by Gasteiger charge is 2.18. The Balaban J connectivity index is 3.52. The van der Waals surface area contributed by atoms with Gasteiger partial charge in [-0.3, -0.25) is 0 Å². The minimum absolute atomic E-state index is 0.346. The number of ether oxygens (including phenoxy) is 1. The molecule has 0 aliphatic rings. The van der Waals surface area contributed by atoms with Crippen molar-refractivity contribution in [2.45, 2.75) is 91.4 Å². The van der Waals surface area contributed by atoms with Crippen molar-refractivity contribution in [2.75, 3.05) is 12.8 Å². The van der Waals surface area contributed by atoms with Crippen LogP contribution in [0.1, 0.15) is 91.4 Å². The Labute approximate surface area is 138 Å². The van der Waals surface area contributed by atoms with Crippen LogP contribution < -0.4 is 4.89 Å². The molecule has 1 unspecified atom stereocenters. The summed E-state index contributed by atoms with van der Waals surface area (Å²) < 4.78 is 5.23. The van der Waals surface area contributed by atoms with Gasteiger partial charge < -0.3 is 9.63 Å². The van der Waals surface area contributed by atoms with Gasteiger partial charge in [0.2, 0.25) is 5.29 Å². The van der Waals surface area contributed by atoms with Gasteiger partial charge in [-0.05, 0) is 13.3 Å². The maximum absolute atomic E-state index is 11.8.